The Hall–Kier alpha value is -1.69. The second kappa shape index (κ2) is 8.43. The van der Waals surface area contributed by atoms with E-state index in [1.165, 1.54) is 5.57 Å². The van der Waals surface area contributed by atoms with E-state index in [2.05, 4.69) is 6.92 Å². The number of ether oxygens (including phenoxy) is 2. The van der Waals surface area contributed by atoms with Crippen molar-refractivity contribution in [2.24, 2.45) is 39.4 Å². The van der Waals surface area contributed by atoms with Crippen LogP contribution in [-0.2, 0) is 23.9 Å². The summed E-state index contributed by atoms with van der Waals surface area (Å²) < 4.78 is 11.8. The Balaban J connectivity index is 1.62. The van der Waals surface area contributed by atoms with Gasteiger partial charge in [-0.25, -0.2) is 0 Å². The van der Waals surface area contributed by atoms with Crippen LogP contribution in [0.15, 0.2) is 11.6 Å². The number of rotatable bonds is 2. The van der Waals surface area contributed by atoms with E-state index >= 15 is 0 Å². The van der Waals surface area contributed by atoms with Crippen molar-refractivity contribution in [3.05, 3.63) is 11.6 Å². The van der Waals surface area contributed by atoms with E-state index in [0.717, 1.165) is 25.7 Å². The Morgan fingerprint density at radius 2 is 1.49 bits per heavy atom. The van der Waals surface area contributed by atoms with Gasteiger partial charge in [0.2, 0.25) is 0 Å². The van der Waals surface area contributed by atoms with Gasteiger partial charge in [-0.2, -0.15) is 0 Å². The Labute approximate surface area is 210 Å². The van der Waals surface area contributed by atoms with E-state index in [1.807, 2.05) is 54.5 Å². The first kappa shape index (κ1) is 26.4. The van der Waals surface area contributed by atoms with Crippen molar-refractivity contribution in [2.45, 2.75) is 112 Å². The molecule has 0 aromatic heterocycles. The van der Waals surface area contributed by atoms with Crippen LogP contribution in [0.1, 0.15) is 93.9 Å². The van der Waals surface area contributed by atoms with Gasteiger partial charge in [-0.1, -0.05) is 25.5 Å². The molecule has 0 saturated heterocycles. The van der Waals surface area contributed by atoms with Crippen LogP contribution in [0.4, 0.5) is 0 Å². The standard InChI is InChI=1S/C29H44O6/c1-26(2,3)24(32)34-17-9-11-28(7)16(13-17)14-19(30)22-18(28)10-12-29(8)21(31)15-20(23(22)29)35-25(33)27(4,5)6/h14,17-20,22-23,30H,9-13,15H2,1-8H3/t17?,18-,19?,20?,22+,23+,28+,29-/m1/s1. The molecule has 35 heavy (non-hydrogen) atoms. The van der Waals surface area contributed by atoms with E-state index in [0.29, 0.717) is 6.42 Å². The molecule has 6 nitrogen and oxygen atoms in total. The fourth-order valence-electron chi connectivity index (χ4n) is 7.27. The Morgan fingerprint density at radius 1 is 0.914 bits per heavy atom. The monoisotopic (exact) mass is 488 g/mol. The van der Waals surface area contributed by atoms with Crippen LogP contribution >= 0.6 is 0 Å². The summed E-state index contributed by atoms with van der Waals surface area (Å²) >= 11 is 0. The highest BCUT2D eigenvalue weighted by atomic mass is 16.5. The number of carbonyl (C=O) groups is 3. The molecule has 0 radical (unpaired) electrons. The highest BCUT2D eigenvalue weighted by molar-refractivity contribution is 5.89. The van der Waals surface area contributed by atoms with Crippen molar-refractivity contribution in [1.29, 1.82) is 0 Å². The largest absolute Gasteiger partial charge is 0.462 e. The zero-order valence-corrected chi connectivity index (χ0v) is 22.8. The SMILES string of the molecule is CC(C)(C)C(=O)OC1CC[C@@]2(C)C(=CC(O)[C@@H]3[C@H]2CC[C@]2(C)C(=O)CC(OC(=O)C(C)(C)C)[C@@H]32)C1. The maximum absolute atomic E-state index is 13.2. The van der Waals surface area contributed by atoms with Gasteiger partial charge >= 0.3 is 11.9 Å². The Morgan fingerprint density at radius 3 is 2.09 bits per heavy atom. The summed E-state index contributed by atoms with van der Waals surface area (Å²) in [6.07, 6.45) is 4.73. The lowest BCUT2D eigenvalue weighted by Gasteiger charge is -2.58. The lowest BCUT2D eigenvalue weighted by atomic mass is 9.47. The normalized spacial score (nSPS) is 41.3. The van der Waals surface area contributed by atoms with E-state index in [1.54, 1.807) is 0 Å². The maximum Gasteiger partial charge on any atom is 0.311 e. The van der Waals surface area contributed by atoms with Crippen LogP contribution in [0, 0.1) is 39.4 Å². The van der Waals surface area contributed by atoms with E-state index in [9.17, 15) is 19.5 Å². The molecular weight excluding hydrogens is 444 g/mol. The van der Waals surface area contributed by atoms with Crippen LogP contribution in [0.3, 0.4) is 0 Å². The summed E-state index contributed by atoms with van der Waals surface area (Å²) in [4.78, 5) is 38.5. The van der Waals surface area contributed by atoms with Gasteiger partial charge in [0.05, 0.1) is 16.9 Å². The van der Waals surface area contributed by atoms with Gasteiger partial charge in [-0.3, -0.25) is 14.4 Å². The van der Waals surface area contributed by atoms with Gasteiger partial charge in [0, 0.05) is 24.2 Å². The number of hydrogen-bond donors (Lipinski definition) is 1. The van der Waals surface area contributed by atoms with Gasteiger partial charge in [0.15, 0.2) is 0 Å². The molecule has 196 valence electrons. The van der Waals surface area contributed by atoms with Crippen molar-refractivity contribution in [1.82, 2.24) is 0 Å². The number of Topliss-reactive ketones (excluding diaryl/α,β-unsaturated/α-hetero) is 1. The van der Waals surface area contributed by atoms with Crippen molar-refractivity contribution in [3.8, 4) is 0 Å². The molecule has 4 rings (SSSR count). The highest BCUT2D eigenvalue weighted by Crippen LogP contribution is 2.64. The van der Waals surface area contributed by atoms with Crippen molar-refractivity contribution >= 4 is 17.7 Å². The van der Waals surface area contributed by atoms with Gasteiger partial charge in [0.25, 0.3) is 0 Å². The second-order valence-electron chi connectivity index (χ2n) is 14.1. The fraction of sp³-hybridized carbons (Fsp3) is 0.828. The zero-order chi connectivity index (χ0) is 26.1. The minimum atomic E-state index is -0.716. The minimum absolute atomic E-state index is 0.125. The zero-order valence-electron chi connectivity index (χ0n) is 22.8. The summed E-state index contributed by atoms with van der Waals surface area (Å²) in [5.74, 6) is -0.478. The summed E-state index contributed by atoms with van der Waals surface area (Å²) in [6.45, 7) is 15.4. The Bertz CT molecular complexity index is 936. The smallest absolute Gasteiger partial charge is 0.311 e. The summed E-state index contributed by atoms with van der Waals surface area (Å²) in [5.41, 5.74) is -0.732. The third-order valence-corrected chi connectivity index (χ3v) is 9.52. The molecule has 0 bridgehead atoms. The van der Waals surface area contributed by atoms with Crippen LogP contribution < -0.4 is 0 Å². The molecule has 0 aromatic carbocycles. The molecular formula is C29H44O6. The van der Waals surface area contributed by atoms with Crippen LogP contribution in [0.2, 0.25) is 0 Å². The number of ketones is 1. The number of aliphatic hydroxyl groups excluding tert-OH is 1. The molecule has 3 saturated carbocycles. The highest BCUT2D eigenvalue weighted by Gasteiger charge is 2.65. The maximum atomic E-state index is 13.2. The second-order valence-corrected chi connectivity index (χ2v) is 14.1. The van der Waals surface area contributed by atoms with Crippen molar-refractivity contribution < 1.29 is 29.0 Å². The molecule has 0 heterocycles. The molecule has 3 fully saturated rings. The fourth-order valence-corrected chi connectivity index (χ4v) is 7.27. The first-order chi connectivity index (χ1) is 16.0. The predicted molar refractivity (Wildman–Crippen MR) is 132 cm³/mol. The summed E-state index contributed by atoms with van der Waals surface area (Å²) in [5, 5.41) is 11.5. The number of aliphatic hydroxyl groups is 1. The first-order valence-electron chi connectivity index (χ1n) is 13.3. The third kappa shape index (κ3) is 4.38. The van der Waals surface area contributed by atoms with Crippen molar-refractivity contribution in [2.75, 3.05) is 0 Å². The predicted octanol–water partition coefficient (Wildman–Crippen LogP) is 5.01. The molecule has 1 N–H and O–H groups in total. The quantitative estimate of drug-likeness (QED) is 0.434. The average Bonchev–Trinajstić information content (AvgIpc) is 2.97. The van der Waals surface area contributed by atoms with E-state index in [-0.39, 0.29) is 53.4 Å². The van der Waals surface area contributed by atoms with Crippen LogP contribution in [0.25, 0.3) is 0 Å². The molecule has 8 atom stereocenters. The molecule has 4 aliphatic carbocycles. The third-order valence-electron chi connectivity index (χ3n) is 9.52. The van der Waals surface area contributed by atoms with Gasteiger partial charge in [0.1, 0.15) is 18.0 Å². The summed E-state index contributed by atoms with van der Waals surface area (Å²) in [6, 6.07) is 0. The number of esters is 2. The van der Waals surface area contributed by atoms with E-state index in [4.69, 9.17) is 9.47 Å². The molecule has 6 heteroatoms. The topological polar surface area (TPSA) is 89.9 Å². The van der Waals surface area contributed by atoms with Gasteiger partial charge < -0.3 is 14.6 Å². The molecule has 0 aromatic rings. The minimum Gasteiger partial charge on any atom is -0.462 e. The number of hydrogen-bond acceptors (Lipinski definition) is 6. The molecule has 0 amide bonds. The Kier molecular flexibility index (Phi) is 6.35. The first-order valence-corrected chi connectivity index (χ1v) is 13.3. The molecule has 3 unspecified atom stereocenters. The summed E-state index contributed by atoms with van der Waals surface area (Å²) in [7, 11) is 0. The van der Waals surface area contributed by atoms with Crippen LogP contribution in [0.5, 0.6) is 0 Å². The number of fused-ring (bicyclic) bond motifs is 5. The molecule has 0 spiro atoms. The van der Waals surface area contributed by atoms with Crippen molar-refractivity contribution in [3.63, 3.8) is 0 Å². The molecule has 0 aliphatic heterocycles. The number of carbonyl (C=O) groups excluding carboxylic acids is 3. The van der Waals surface area contributed by atoms with Crippen LogP contribution in [-0.4, -0.2) is 41.1 Å². The molecule has 4 aliphatic rings. The lowest BCUT2D eigenvalue weighted by molar-refractivity contribution is -0.172. The van der Waals surface area contributed by atoms with Gasteiger partial charge in [-0.15, -0.1) is 0 Å². The lowest BCUT2D eigenvalue weighted by Crippen LogP contribution is -2.57. The average molecular weight is 489 g/mol. The van der Waals surface area contributed by atoms with Gasteiger partial charge in [-0.05, 0) is 84.5 Å². The van der Waals surface area contributed by atoms with E-state index < -0.39 is 28.5 Å².